The molecule has 0 amide bonds. The van der Waals surface area contributed by atoms with Crippen LogP contribution in [0, 0.1) is 0 Å². The van der Waals surface area contributed by atoms with Crippen LogP contribution in [-0.2, 0) is 23.1 Å². The summed E-state index contributed by atoms with van der Waals surface area (Å²) < 4.78 is 28.6. The van der Waals surface area contributed by atoms with Crippen LogP contribution < -0.4 is 5.73 Å². The van der Waals surface area contributed by atoms with Crippen molar-refractivity contribution in [1.29, 1.82) is 0 Å². The average Bonchev–Trinajstić information content (AvgIpc) is 3.06. The standard InChI is InChI=1S/C14H21N3O2S2/c1-11(2)17-10-14(7-12(17)8-15)21(18,19)16(3)9-13-5-4-6-20-13/h4-7,10-11H,8-9,15H2,1-3H3. The van der Waals surface area contributed by atoms with Crippen molar-refractivity contribution < 1.29 is 8.42 Å². The Balaban J connectivity index is 2.30. The van der Waals surface area contributed by atoms with Gasteiger partial charge >= 0.3 is 0 Å². The first-order valence-corrected chi connectivity index (χ1v) is 9.07. The van der Waals surface area contributed by atoms with Crippen molar-refractivity contribution >= 4 is 21.4 Å². The second-order valence-electron chi connectivity index (χ2n) is 5.21. The molecule has 21 heavy (non-hydrogen) atoms. The fourth-order valence-corrected chi connectivity index (χ4v) is 4.21. The van der Waals surface area contributed by atoms with Crippen LogP contribution in [0.5, 0.6) is 0 Å². The van der Waals surface area contributed by atoms with Gasteiger partial charge in [0.25, 0.3) is 0 Å². The number of nitrogens with zero attached hydrogens (tertiary/aromatic N) is 2. The summed E-state index contributed by atoms with van der Waals surface area (Å²) in [6, 6.07) is 5.69. The van der Waals surface area contributed by atoms with Gasteiger partial charge < -0.3 is 10.3 Å². The lowest BCUT2D eigenvalue weighted by Gasteiger charge is -2.15. The lowest BCUT2D eigenvalue weighted by Crippen LogP contribution is -2.25. The molecule has 2 aromatic heterocycles. The molecule has 0 aliphatic heterocycles. The Labute approximate surface area is 130 Å². The van der Waals surface area contributed by atoms with Gasteiger partial charge in [0.05, 0.1) is 0 Å². The highest BCUT2D eigenvalue weighted by Crippen LogP contribution is 2.23. The molecule has 2 N–H and O–H groups in total. The fourth-order valence-electron chi connectivity index (χ4n) is 2.17. The number of hydrogen-bond donors (Lipinski definition) is 1. The van der Waals surface area contributed by atoms with E-state index >= 15 is 0 Å². The Morgan fingerprint density at radius 1 is 1.43 bits per heavy atom. The lowest BCUT2D eigenvalue weighted by atomic mass is 10.3. The van der Waals surface area contributed by atoms with Crippen LogP contribution in [0.15, 0.2) is 34.7 Å². The second-order valence-corrected chi connectivity index (χ2v) is 8.29. The third-order valence-corrected chi connectivity index (χ3v) is 5.97. The van der Waals surface area contributed by atoms with Gasteiger partial charge in [0, 0.05) is 42.9 Å². The van der Waals surface area contributed by atoms with E-state index in [-0.39, 0.29) is 6.04 Å². The summed E-state index contributed by atoms with van der Waals surface area (Å²) in [7, 11) is -1.90. The van der Waals surface area contributed by atoms with E-state index in [0.717, 1.165) is 10.6 Å². The Bertz CT molecular complexity index is 688. The molecular weight excluding hydrogens is 306 g/mol. The summed E-state index contributed by atoms with van der Waals surface area (Å²) in [6.07, 6.45) is 1.67. The van der Waals surface area contributed by atoms with Crippen molar-refractivity contribution in [3.05, 3.63) is 40.3 Å². The normalized spacial score (nSPS) is 12.5. The molecule has 116 valence electrons. The van der Waals surface area contributed by atoms with Gasteiger partial charge in [-0.05, 0) is 31.4 Å². The van der Waals surface area contributed by atoms with Gasteiger partial charge in [-0.1, -0.05) is 6.07 Å². The third kappa shape index (κ3) is 3.37. The average molecular weight is 327 g/mol. The Hall–Kier alpha value is -1.15. The van der Waals surface area contributed by atoms with Crippen molar-refractivity contribution in [2.24, 2.45) is 5.73 Å². The summed E-state index contributed by atoms with van der Waals surface area (Å²) in [5, 5.41) is 1.94. The molecule has 7 heteroatoms. The molecule has 2 rings (SSSR count). The molecule has 2 heterocycles. The summed E-state index contributed by atoms with van der Waals surface area (Å²) >= 11 is 1.55. The number of sulfonamides is 1. The molecule has 0 saturated heterocycles. The molecule has 0 bridgehead atoms. The Morgan fingerprint density at radius 2 is 2.14 bits per heavy atom. The van der Waals surface area contributed by atoms with E-state index in [1.165, 1.54) is 4.31 Å². The van der Waals surface area contributed by atoms with Crippen molar-refractivity contribution in [3.8, 4) is 0 Å². The van der Waals surface area contributed by atoms with Gasteiger partial charge in [0.2, 0.25) is 10.0 Å². The van der Waals surface area contributed by atoms with E-state index in [1.54, 1.807) is 30.6 Å². The van der Waals surface area contributed by atoms with Crippen LogP contribution in [0.4, 0.5) is 0 Å². The highest BCUT2D eigenvalue weighted by atomic mass is 32.2. The van der Waals surface area contributed by atoms with Crippen LogP contribution in [0.2, 0.25) is 0 Å². The smallest absolute Gasteiger partial charge is 0.244 e. The van der Waals surface area contributed by atoms with Crippen molar-refractivity contribution in [2.45, 2.75) is 37.9 Å². The summed E-state index contributed by atoms with van der Waals surface area (Å²) in [5.74, 6) is 0. The van der Waals surface area contributed by atoms with Crippen molar-refractivity contribution in [1.82, 2.24) is 8.87 Å². The van der Waals surface area contributed by atoms with Crippen LogP contribution >= 0.6 is 11.3 Å². The molecule has 0 aromatic carbocycles. The van der Waals surface area contributed by atoms with Gasteiger partial charge in [-0.3, -0.25) is 0 Å². The molecule has 0 aliphatic rings. The highest BCUT2D eigenvalue weighted by Gasteiger charge is 2.24. The zero-order chi connectivity index (χ0) is 15.6. The maximum atomic E-state index is 12.6. The number of nitrogens with two attached hydrogens (primary N) is 1. The van der Waals surface area contributed by atoms with Gasteiger partial charge in [-0.25, -0.2) is 8.42 Å². The Kier molecular flexibility index (Phi) is 4.88. The highest BCUT2D eigenvalue weighted by molar-refractivity contribution is 7.89. The first-order valence-electron chi connectivity index (χ1n) is 6.75. The number of rotatable bonds is 6. The van der Waals surface area contributed by atoms with Crippen LogP contribution in [-0.4, -0.2) is 24.3 Å². The van der Waals surface area contributed by atoms with Crippen LogP contribution in [0.1, 0.15) is 30.5 Å². The molecule has 0 spiro atoms. The molecule has 5 nitrogen and oxygen atoms in total. The number of aromatic nitrogens is 1. The lowest BCUT2D eigenvalue weighted by molar-refractivity contribution is 0.469. The summed E-state index contributed by atoms with van der Waals surface area (Å²) in [5.41, 5.74) is 6.53. The molecule has 0 saturated carbocycles. The van der Waals surface area contributed by atoms with Gasteiger partial charge in [-0.2, -0.15) is 4.31 Å². The monoisotopic (exact) mass is 327 g/mol. The maximum absolute atomic E-state index is 12.6. The van der Waals surface area contributed by atoms with E-state index in [9.17, 15) is 8.42 Å². The molecule has 0 fully saturated rings. The van der Waals surface area contributed by atoms with E-state index in [1.807, 2.05) is 35.9 Å². The van der Waals surface area contributed by atoms with Crippen LogP contribution in [0.3, 0.4) is 0 Å². The molecule has 0 radical (unpaired) electrons. The molecule has 0 atom stereocenters. The zero-order valence-corrected chi connectivity index (χ0v) is 14.1. The predicted molar refractivity (Wildman–Crippen MR) is 85.7 cm³/mol. The van der Waals surface area contributed by atoms with E-state index in [4.69, 9.17) is 5.73 Å². The first-order chi connectivity index (χ1) is 9.86. The Morgan fingerprint density at radius 3 is 2.62 bits per heavy atom. The topological polar surface area (TPSA) is 68.3 Å². The zero-order valence-electron chi connectivity index (χ0n) is 12.5. The quantitative estimate of drug-likeness (QED) is 0.886. The second kappa shape index (κ2) is 6.31. The third-order valence-electron chi connectivity index (χ3n) is 3.34. The minimum absolute atomic E-state index is 0.176. The minimum atomic E-state index is -3.50. The SMILES string of the molecule is CC(C)n1cc(S(=O)(=O)N(C)Cc2cccs2)cc1CN. The van der Waals surface area contributed by atoms with Gasteiger partial charge in [-0.15, -0.1) is 11.3 Å². The summed E-state index contributed by atoms with van der Waals surface area (Å²) in [4.78, 5) is 1.32. The molecule has 2 aromatic rings. The van der Waals surface area contributed by atoms with E-state index < -0.39 is 10.0 Å². The number of thiophene rings is 1. The molecular formula is C14H21N3O2S2. The van der Waals surface area contributed by atoms with E-state index in [0.29, 0.717) is 18.0 Å². The fraction of sp³-hybridized carbons (Fsp3) is 0.429. The van der Waals surface area contributed by atoms with Crippen molar-refractivity contribution in [3.63, 3.8) is 0 Å². The summed E-state index contributed by atoms with van der Waals surface area (Å²) in [6.45, 7) is 4.71. The number of hydrogen-bond acceptors (Lipinski definition) is 4. The minimum Gasteiger partial charge on any atom is -0.346 e. The molecule has 0 aliphatic carbocycles. The largest absolute Gasteiger partial charge is 0.346 e. The molecule has 0 unspecified atom stereocenters. The van der Waals surface area contributed by atoms with Gasteiger partial charge in [0.15, 0.2) is 0 Å². The predicted octanol–water partition coefficient (Wildman–Crippen LogP) is 2.41. The van der Waals surface area contributed by atoms with Crippen molar-refractivity contribution in [2.75, 3.05) is 7.05 Å². The van der Waals surface area contributed by atoms with E-state index in [2.05, 4.69) is 0 Å². The first kappa shape index (κ1) is 16.2. The van der Waals surface area contributed by atoms with Gasteiger partial charge in [0.1, 0.15) is 4.90 Å². The van der Waals surface area contributed by atoms with Crippen LogP contribution in [0.25, 0.3) is 0 Å². The maximum Gasteiger partial charge on any atom is 0.244 e.